The highest BCUT2D eigenvalue weighted by Gasteiger charge is 2.17. The highest BCUT2D eigenvalue weighted by molar-refractivity contribution is 7.80. The Balaban J connectivity index is 1.86. The first-order chi connectivity index (χ1) is 9.54. The van der Waals surface area contributed by atoms with Crippen LogP contribution in [0.3, 0.4) is 0 Å². The highest BCUT2D eigenvalue weighted by Crippen LogP contribution is 2.11. The topological polar surface area (TPSA) is 32.5 Å². The van der Waals surface area contributed by atoms with Crippen molar-refractivity contribution in [2.75, 3.05) is 32.7 Å². The average Bonchev–Trinajstić information content (AvgIpc) is 2.41. The Morgan fingerprint density at radius 2 is 1.85 bits per heavy atom. The minimum atomic E-state index is 0.480. The van der Waals surface area contributed by atoms with Crippen molar-refractivity contribution >= 4 is 17.2 Å². The molecule has 0 aromatic heterocycles. The molecule has 110 valence electrons. The second kappa shape index (κ2) is 7.16. The Morgan fingerprint density at radius 3 is 2.45 bits per heavy atom. The minimum Gasteiger partial charge on any atom is -0.389 e. The van der Waals surface area contributed by atoms with Crippen molar-refractivity contribution in [3.05, 3.63) is 35.4 Å². The third kappa shape index (κ3) is 4.54. The zero-order valence-corrected chi connectivity index (χ0v) is 13.3. The van der Waals surface area contributed by atoms with Crippen LogP contribution in [0.5, 0.6) is 0 Å². The van der Waals surface area contributed by atoms with Crippen LogP contribution in [0, 0.1) is 5.92 Å². The van der Waals surface area contributed by atoms with Gasteiger partial charge < -0.3 is 10.6 Å². The number of rotatable bonds is 5. The molecule has 1 aromatic carbocycles. The van der Waals surface area contributed by atoms with Crippen LogP contribution in [0.1, 0.15) is 25.0 Å². The van der Waals surface area contributed by atoms with E-state index in [0.717, 1.165) is 31.1 Å². The molecule has 1 heterocycles. The van der Waals surface area contributed by atoms with Gasteiger partial charge in [-0.05, 0) is 17.5 Å². The van der Waals surface area contributed by atoms with Crippen LogP contribution in [-0.2, 0) is 6.54 Å². The first kappa shape index (κ1) is 15.4. The molecule has 0 atom stereocenters. The molecule has 0 bridgehead atoms. The molecular weight excluding hydrogens is 266 g/mol. The van der Waals surface area contributed by atoms with Crippen LogP contribution in [0.15, 0.2) is 24.3 Å². The lowest BCUT2D eigenvalue weighted by Gasteiger charge is -2.35. The lowest BCUT2D eigenvalue weighted by atomic mass is 10.1. The van der Waals surface area contributed by atoms with Crippen molar-refractivity contribution in [1.29, 1.82) is 0 Å². The first-order valence-corrected chi connectivity index (χ1v) is 7.79. The van der Waals surface area contributed by atoms with E-state index in [1.54, 1.807) is 0 Å². The second-order valence-electron chi connectivity index (χ2n) is 6.04. The van der Waals surface area contributed by atoms with Crippen molar-refractivity contribution in [2.45, 2.75) is 20.4 Å². The van der Waals surface area contributed by atoms with Gasteiger partial charge in [0.1, 0.15) is 4.99 Å². The molecule has 2 rings (SSSR count). The zero-order valence-electron chi connectivity index (χ0n) is 12.5. The summed E-state index contributed by atoms with van der Waals surface area (Å²) < 4.78 is 0. The van der Waals surface area contributed by atoms with Gasteiger partial charge in [-0.15, -0.1) is 0 Å². The molecule has 1 aliphatic rings. The number of nitrogens with two attached hydrogens (primary N) is 1. The first-order valence-electron chi connectivity index (χ1n) is 7.38. The quantitative estimate of drug-likeness (QED) is 0.842. The van der Waals surface area contributed by atoms with Crippen LogP contribution < -0.4 is 5.73 Å². The molecule has 1 fully saturated rings. The van der Waals surface area contributed by atoms with E-state index in [1.165, 1.54) is 25.2 Å². The van der Waals surface area contributed by atoms with E-state index >= 15 is 0 Å². The summed E-state index contributed by atoms with van der Waals surface area (Å²) >= 11 is 5.04. The standard InChI is InChI=1S/C16H25N3S/c1-13(2)11-18-6-8-19(9-7-18)12-14-4-3-5-15(10-14)16(17)20/h3-5,10,13H,6-9,11-12H2,1-2H3,(H2,17,20). The van der Waals surface area contributed by atoms with Gasteiger partial charge in [0.2, 0.25) is 0 Å². The molecule has 1 saturated heterocycles. The molecule has 3 nitrogen and oxygen atoms in total. The van der Waals surface area contributed by atoms with Gasteiger partial charge in [-0.25, -0.2) is 0 Å². The van der Waals surface area contributed by atoms with Gasteiger partial charge in [0, 0.05) is 44.8 Å². The Kier molecular flexibility index (Phi) is 5.52. The average molecular weight is 291 g/mol. The largest absolute Gasteiger partial charge is 0.389 e. The van der Waals surface area contributed by atoms with E-state index in [2.05, 4.69) is 35.8 Å². The van der Waals surface area contributed by atoms with Crippen molar-refractivity contribution in [3.8, 4) is 0 Å². The van der Waals surface area contributed by atoms with Crippen molar-refractivity contribution in [3.63, 3.8) is 0 Å². The summed E-state index contributed by atoms with van der Waals surface area (Å²) in [5, 5.41) is 0. The van der Waals surface area contributed by atoms with Gasteiger partial charge in [0.05, 0.1) is 0 Å². The number of piperazine rings is 1. The molecule has 0 aliphatic carbocycles. The van der Waals surface area contributed by atoms with Crippen LogP contribution in [0.25, 0.3) is 0 Å². The third-order valence-corrected chi connectivity index (χ3v) is 3.94. The highest BCUT2D eigenvalue weighted by atomic mass is 32.1. The predicted octanol–water partition coefficient (Wildman–Crippen LogP) is 2.09. The fourth-order valence-electron chi connectivity index (χ4n) is 2.73. The minimum absolute atomic E-state index is 0.480. The molecule has 0 saturated carbocycles. The second-order valence-corrected chi connectivity index (χ2v) is 6.48. The lowest BCUT2D eigenvalue weighted by molar-refractivity contribution is 0.117. The van der Waals surface area contributed by atoms with Crippen LogP contribution in [0.2, 0.25) is 0 Å². The molecule has 0 spiro atoms. The normalized spacial score (nSPS) is 17.6. The summed E-state index contributed by atoms with van der Waals surface area (Å²) in [6.07, 6.45) is 0. The van der Waals surface area contributed by atoms with Gasteiger partial charge in [-0.1, -0.05) is 44.3 Å². The van der Waals surface area contributed by atoms with Gasteiger partial charge in [-0.2, -0.15) is 0 Å². The summed E-state index contributed by atoms with van der Waals surface area (Å²) in [6.45, 7) is 11.4. The Morgan fingerprint density at radius 1 is 1.20 bits per heavy atom. The van der Waals surface area contributed by atoms with Gasteiger partial charge >= 0.3 is 0 Å². The fourth-order valence-corrected chi connectivity index (χ4v) is 2.85. The van der Waals surface area contributed by atoms with Crippen molar-refractivity contribution in [2.24, 2.45) is 11.7 Å². The van der Waals surface area contributed by atoms with Crippen molar-refractivity contribution in [1.82, 2.24) is 9.80 Å². The van der Waals surface area contributed by atoms with Gasteiger partial charge in [-0.3, -0.25) is 4.90 Å². The fraction of sp³-hybridized carbons (Fsp3) is 0.562. The number of thiocarbonyl (C=S) groups is 1. The van der Waals surface area contributed by atoms with Crippen LogP contribution in [0.4, 0.5) is 0 Å². The number of nitrogens with zero attached hydrogens (tertiary/aromatic N) is 2. The molecule has 0 amide bonds. The van der Waals surface area contributed by atoms with E-state index < -0.39 is 0 Å². The number of hydrogen-bond acceptors (Lipinski definition) is 3. The number of hydrogen-bond donors (Lipinski definition) is 1. The Hall–Kier alpha value is -0.970. The molecule has 2 N–H and O–H groups in total. The maximum absolute atomic E-state index is 5.69. The third-order valence-electron chi connectivity index (χ3n) is 3.71. The SMILES string of the molecule is CC(C)CN1CCN(Cc2cccc(C(N)=S)c2)CC1. The smallest absolute Gasteiger partial charge is 0.103 e. The van der Waals surface area contributed by atoms with Crippen LogP contribution in [-0.4, -0.2) is 47.5 Å². The Bertz CT molecular complexity index is 451. The van der Waals surface area contributed by atoms with E-state index in [0.29, 0.717) is 4.99 Å². The molecule has 1 aliphatic heterocycles. The molecule has 4 heteroatoms. The maximum atomic E-state index is 5.69. The van der Waals surface area contributed by atoms with Gasteiger partial charge in [0.25, 0.3) is 0 Å². The molecule has 0 unspecified atom stereocenters. The summed E-state index contributed by atoms with van der Waals surface area (Å²) in [6, 6.07) is 8.29. The van der Waals surface area contributed by atoms with Crippen molar-refractivity contribution < 1.29 is 0 Å². The van der Waals surface area contributed by atoms with Gasteiger partial charge in [0.15, 0.2) is 0 Å². The maximum Gasteiger partial charge on any atom is 0.103 e. The zero-order chi connectivity index (χ0) is 14.5. The Labute approximate surface area is 127 Å². The van der Waals surface area contributed by atoms with Crippen LogP contribution >= 0.6 is 12.2 Å². The predicted molar refractivity (Wildman–Crippen MR) is 88.9 cm³/mol. The van der Waals surface area contributed by atoms with E-state index in [4.69, 9.17) is 18.0 Å². The number of benzene rings is 1. The lowest BCUT2D eigenvalue weighted by Crippen LogP contribution is -2.46. The monoisotopic (exact) mass is 291 g/mol. The van der Waals surface area contributed by atoms with E-state index in [-0.39, 0.29) is 0 Å². The molecule has 20 heavy (non-hydrogen) atoms. The summed E-state index contributed by atoms with van der Waals surface area (Å²) in [7, 11) is 0. The summed E-state index contributed by atoms with van der Waals surface area (Å²) in [5.74, 6) is 0.754. The van der Waals surface area contributed by atoms with E-state index in [1.807, 2.05) is 12.1 Å². The molecular formula is C16H25N3S. The summed E-state index contributed by atoms with van der Waals surface area (Å²) in [4.78, 5) is 5.55. The molecule has 1 aromatic rings. The van der Waals surface area contributed by atoms with E-state index in [9.17, 15) is 0 Å². The summed E-state index contributed by atoms with van der Waals surface area (Å²) in [5.41, 5.74) is 7.96. The molecule has 0 radical (unpaired) electrons.